The van der Waals surface area contributed by atoms with Crippen LogP contribution in [0, 0.1) is 5.92 Å². The third-order valence-electron chi connectivity index (χ3n) is 4.07. The second-order valence-corrected chi connectivity index (χ2v) is 8.62. The normalized spacial score (nSPS) is 18.9. The van der Waals surface area contributed by atoms with Gasteiger partial charge in [0, 0.05) is 32.9 Å². The first kappa shape index (κ1) is 21.2. The number of nitrogens with one attached hydrogen (secondary N) is 1. The Kier molecular flexibility index (Phi) is 8.49. The molecule has 1 atom stereocenters. The lowest BCUT2D eigenvalue weighted by atomic mass is 10.0. The van der Waals surface area contributed by atoms with Crippen LogP contribution >= 0.6 is 24.0 Å². The predicted molar refractivity (Wildman–Crippen MR) is 111 cm³/mol. The number of piperidine rings is 1. The molecule has 1 aromatic rings. The summed E-state index contributed by atoms with van der Waals surface area (Å²) >= 11 is 0. The Hall–Kier alpha value is -0.830. The van der Waals surface area contributed by atoms with Crippen LogP contribution in [0.1, 0.15) is 30.9 Å². The maximum atomic E-state index is 11.3. The fraction of sp³-hybridized carbons (Fsp3) is 0.588. The summed E-state index contributed by atoms with van der Waals surface area (Å²) in [5.41, 5.74) is 1.94. The van der Waals surface area contributed by atoms with Crippen molar-refractivity contribution < 1.29 is 8.42 Å². The van der Waals surface area contributed by atoms with Crippen LogP contribution in [0.5, 0.6) is 0 Å². The molecule has 1 aliphatic rings. The topological polar surface area (TPSA) is 61.8 Å². The SMILES string of the molecule is CN=C(NCc1ccc(CS(C)(=O)=O)cc1)N1CCCC(C)C1.I. The predicted octanol–water partition coefficient (Wildman–Crippen LogP) is 2.66. The highest BCUT2D eigenvalue weighted by Gasteiger charge is 2.18. The third-order valence-corrected chi connectivity index (χ3v) is 4.93. The Morgan fingerprint density at radius 1 is 1.29 bits per heavy atom. The molecule has 1 aromatic carbocycles. The average molecular weight is 465 g/mol. The molecule has 1 saturated heterocycles. The summed E-state index contributed by atoms with van der Waals surface area (Å²) in [6.07, 6.45) is 3.75. The second kappa shape index (κ2) is 9.60. The van der Waals surface area contributed by atoms with Gasteiger partial charge < -0.3 is 10.2 Å². The quantitative estimate of drug-likeness (QED) is 0.422. The number of benzene rings is 1. The van der Waals surface area contributed by atoms with Crippen molar-refractivity contribution in [2.24, 2.45) is 10.9 Å². The number of likely N-dealkylation sites (tertiary alicyclic amines) is 1. The van der Waals surface area contributed by atoms with Crippen LogP contribution < -0.4 is 5.32 Å². The largest absolute Gasteiger partial charge is 0.352 e. The molecule has 2 rings (SSSR count). The van der Waals surface area contributed by atoms with E-state index in [4.69, 9.17) is 0 Å². The summed E-state index contributed by atoms with van der Waals surface area (Å²) in [6.45, 7) is 5.07. The van der Waals surface area contributed by atoms with Crippen molar-refractivity contribution in [2.75, 3.05) is 26.4 Å². The van der Waals surface area contributed by atoms with Crippen LogP contribution in [0.25, 0.3) is 0 Å². The van der Waals surface area contributed by atoms with Gasteiger partial charge in [-0.2, -0.15) is 0 Å². The van der Waals surface area contributed by atoms with E-state index in [2.05, 4.69) is 22.1 Å². The van der Waals surface area contributed by atoms with Crippen molar-refractivity contribution in [2.45, 2.75) is 32.1 Å². The van der Waals surface area contributed by atoms with Crippen molar-refractivity contribution in [1.82, 2.24) is 10.2 Å². The van der Waals surface area contributed by atoms with Crippen molar-refractivity contribution in [1.29, 1.82) is 0 Å². The van der Waals surface area contributed by atoms with E-state index in [-0.39, 0.29) is 29.7 Å². The van der Waals surface area contributed by atoms with Crippen molar-refractivity contribution in [3.8, 4) is 0 Å². The summed E-state index contributed by atoms with van der Waals surface area (Å²) in [7, 11) is -1.16. The molecule has 0 radical (unpaired) electrons. The van der Waals surface area contributed by atoms with Gasteiger partial charge in [-0.25, -0.2) is 8.42 Å². The summed E-state index contributed by atoms with van der Waals surface area (Å²) in [6, 6.07) is 7.70. The van der Waals surface area contributed by atoms with Gasteiger partial charge in [-0.05, 0) is 29.9 Å². The molecule has 24 heavy (non-hydrogen) atoms. The van der Waals surface area contributed by atoms with Gasteiger partial charge in [0.25, 0.3) is 0 Å². The molecule has 1 unspecified atom stereocenters. The number of halogens is 1. The lowest BCUT2D eigenvalue weighted by Crippen LogP contribution is -2.45. The number of sulfone groups is 1. The minimum atomic E-state index is -2.98. The summed E-state index contributed by atoms with van der Waals surface area (Å²) in [5, 5.41) is 3.40. The molecule has 7 heteroatoms. The van der Waals surface area contributed by atoms with E-state index in [1.165, 1.54) is 19.1 Å². The van der Waals surface area contributed by atoms with Gasteiger partial charge in [0.2, 0.25) is 0 Å². The van der Waals surface area contributed by atoms with Crippen molar-refractivity contribution in [3.63, 3.8) is 0 Å². The molecule has 0 amide bonds. The lowest BCUT2D eigenvalue weighted by molar-refractivity contribution is 0.266. The summed E-state index contributed by atoms with van der Waals surface area (Å²) in [4.78, 5) is 6.69. The van der Waals surface area contributed by atoms with Gasteiger partial charge >= 0.3 is 0 Å². The highest BCUT2D eigenvalue weighted by Crippen LogP contribution is 2.15. The van der Waals surface area contributed by atoms with E-state index in [0.717, 1.165) is 30.2 Å². The monoisotopic (exact) mass is 465 g/mol. The Balaban J connectivity index is 0.00000288. The Labute approximate surface area is 162 Å². The van der Waals surface area contributed by atoms with E-state index in [9.17, 15) is 8.42 Å². The molecule has 1 aliphatic heterocycles. The Morgan fingerprint density at radius 3 is 2.46 bits per heavy atom. The molecular weight excluding hydrogens is 437 g/mol. The molecule has 5 nitrogen and oxygen atoms in total. The molecule has 136 valence electrons. The van der Waals surface area contributed by atoms with E-state index in [1.807, 2.05) is 31.3 Å². The van der Waals surface area contributed by atoms with E-state index in [1.54, 1.807) is 0 Å². The maximum absolute atomic E-state index is 11.3. The minimum Gasteiger partial charge on any atom is -0.352 e. The molecule has 1 heterocycles. The van der Waals surface area contributed by atoms with Crippen LogP contribution in [0.4, 0.5) is 0 Å². The van der Waals surface area contributed by atoms with Crippen LogP contribution in [0.3, 0.4) is 0 Å². The third kappa shape index (κ3) is 6.96. The zero-order valence-corrected chi connectivity index (χ0v) is 17.8. The molecule has 0 aliphatic carbocycles. The van der Waals surface area contributed by atoms with Gasteiger partial charge in [-0.15, -0.1) is 24.0 Å². The zero-order valence-electron chi connectivity index (χ0n) is 14.7. The maximum Gasteiger partial charge on any atom is 0.193 e. The van der Waals surface area contributed by atoms with Gasteiger partial charge in [0.1, 0.15) is 0 Å². The second-order valence-electron chi connectivity index (χ2n) is 6.48. The first-order valence-corrected chi connectivity index (χ1v) is 10.1. The highest BCUT2D eigenvalue weighted by molar-refractivity contribution is 14.0. The number of guanidine groups is 1. The fourth-order valence-electron chi connectivity index (χ4n) is 2.95. The summed E-state index contributed by atoms with van der Waals surface area (Å²) < 4.78 is 22.6. The van der Waals surface area contributed by atoms with E-state index >= 15 is 0 Å². The van der Waals surface area contributed by atoms with Crippen molar-refractivity contribution >= 4 is 39.8 Å². The first-order chi connectivity index (χ1) is 10.9. The number of hydrogen-bond donors (Lipinski definition) is 1. The molecule has 1 fully saturated rings. The number of rotatable bonds is 4. The standard InChI is InChI=1S/C17H27N3O2S.HI/c1-14-5-4-10-20(12-14)17(18-2)19-11-15-6-8-16(9-7-15)13-23(3,21)22;/h6-9,14H,4-5,10-13H2,1-3H3,(H,18,19);1H. The summed E-state index contributed by atoms with van der Waals surface area (Å²) in [5.74, 6) is 1.74. The van der Waals surface area contributed by atoms with Crippen LogP contribution in [0.15, 0.2) is 29.3 Å². The molecule has 0 spiro atoms. The fourth-order valence-corrected chi connectivity index (χ4v) is 3.75. The van der Waals surface area contributed by atoms with Crippen molar-refractivity contribution in [3.05, 3.63) is 35.4 Å². The Bertz CT molecular complexity index is 644. The number of hydrogen-bond acceptors (Lipinski definition) is 3. The van der Waals surface area contributed by atoms with Crippen LogP contribution in [0.2, 0.25) is 0 Å². The lowest BCUT2D eigenvalue weighted by Gasteiger charge is -2.33. The first-order valence-electron chi connectivity index (χ1n) is 8.08. The van der Waals surface area contributed by atoms with E-state index in [0.29, 0.717) is 12.5 Å². The molecule has 1 N–H and O–H groups in total. The Morgan fingerprint density at radius 2 is 1.92 bits per heavy atom. The van der Waals surface area contributed by atoms with Crippen LogP contribution in [-0.2, 0) is 22.1 Å². The molecule has 0 saturated carbocycles. The average Bonchev–Trinajstić information content (AvgIpc) is 2.48. The van der Waals surface area contributed by atoms with Gasteiger partial charge in [0.05, 0.1) is 5.75 Å². The van der Waals surface area contributed by atoms with Crippen LogP contribution in [-0.4, -0.2) is 45.7 Å². The zero-order chi connectivity index (χ0) is 16.9. The van der Waals surface area contributed by atoms with Gasteiger partial charge in [-0.1, -0.05) is 31.2 Å². The van der Waals surface area contributed by atoms with Gasteiger partial charge in [-0.3, -0.25) is 4.99 Å². The number of aliphatic imine (C=N–C) groups is 1. The molecule has 0 bridgehead atoms. The minimum absolute atomic E-state index is 0. The van der Waals surface area contributed by atoms with Gasteiger partial charge in [0.15, 0.2) is 15.8 Å². The highest BCUT2D eigenvalue weighted by atomic mass is 127. The molecule has 0 aromatic heterocycles. The molecular formula is C17H28IN3O2S. The smallest absolute Gasteiger partial charge is 0.193 e. The van der Waals surface area contributed by atoms with E-state index < -0.39 is 9.84 Å². The number of nitrogens with zero attached hydrogens (tertiary/aromatic N) is 2.